The average Bonchev–Trinajstić information content (AvgIpc) is 2.92. The van der Waals surface area contributed by atoms with Crippen molar-refractivity contribution in [2.45, 2.75) is 19.0 Å². The number of hydrogen-bond acceptors (Lipinski definition) is 2. The smallest absolute Gasteiger partial charge is 0.312 e. The number of hydrogen-bond donors (Lipinski definition) is 0. The van der Waals surface area contributed by atoms with Crippen LogP contribution in [0.25, 0.3) is 0 Å². The minimum Gasteiger partial charge on any atom is -0.466 e. The van der Waals surface area contributed by atoms with Crippen LogP contribution in [0.15, 0.2) is 30.3 Å². The molecule has 0 aliphatic heterocycles. The van der Waals surface area contributed by atoms with Crippen LogP contribution in [0, 0.1) is 5.92 Å². The first-order valence-electron chi connectivity index (χ1n) is 5.11. The summed E-state index contributed by atoms with van der Waals surface area (Å²) in [7, 11) is 0. The van der Waals surface area contributed by atoms with Crippen LogP contribution in [0.4, 0.5) is 4.39 Å². The van der Waals surface area contributed by atoms with Gasteiger partial charge in [-0.3, -0.25) is 4.79 Å². The Bertz CT molecular complexity index is 350. The molecule has 0 amide bonds. The van der Waals surface area contributed by atoms with Crippen LogP contribution in [0.1, 0.15) is 18.4 Å². The molecule has 0 spiro atoms. The summed E-state index contributed by atoms with van der Waals surface area (Å²) in [5.41, 5.74) is 0.878. The summed E-state index contributed by atoms with van der Waals surface area (Å²) in [6, 6.07) is 9.26. The maximum absolute atomic E-state index is 13.4. The normalized spacial score (nSPS) is 28.5. The molecule has 1 aromatic rings. The second-order valence-electron chi connectivity index (χ2n) is 3.66. The van der Waals surface area contributed by atoms with E-state index >= 15 is 0 Å². The van der Waals surface area contributed by atoms with Crippen molar-refractivity contribution in [2.75, 3.05) is 6.61 Å². The fourth-order valence-electron chi connectivity index (χ4n) is 1.86. The molecule has 0 aromatic heterocycles. The lowest BCUT2D eigenvalue weighted by Gasteiger charge is -1.99. The Morgan fingerprint density at radius 3 is 2.67 bits per heavy atom. The first-order valence-corrected chi connectivity index (χ1v) is 5.11. The van der Waals surface area contributed by atoms with Gasteiger partial charge in [-0.25, -0.2) is 4.39 Å². The van der Waals surface area contributed by atoms with Crippen LogP contribution in [0.3, 0.4) is 0 Å². The molecule has 2 rings (SSSR count). The molecule has 1 aromatic carbocycles. The summed E-state index contributed by atoms with van der Waals surface area (Å²) in [5.74, 6) is -1.31. The van der Waals surface area contributed by atoms with Gasteiger partial charge in [0.2, 0.25) is 0 Å². The molecule has 0 saturated heterocycles. The molecule has 0 unspecified atom stereocenters. The zero-order chi connectivity index (χ0) is 10.8. The molecule has 1 fully saturated rings. The predicted octanol–water partition coefficient (Wildman–Crippen LogP) is 2.30. The van der Waals surface area contributed by atoms with E-state index in [0.29, 0.717) is 6.61 Å². The maximum Gasteiger partial charge on any atom is 0.312 e. The van der Waals surface area contributed by atoms with E-state index in [9.17, 15) is 9.18 Å². The van der Waals surface area contributed by atoms with Crippen LogP contribution >= 0.6 is 0 Å². The molecular formula is C12H13FO2. The van der Waals surface area contributed by atoms with Gasteiger partial charge in [0.15, 0.2) is 0 Å². The van der Waals surface area contributed by atoms with Crippen LogP contribution < -0.4 is 0 Å². The van der Waals surface area contributed by atoms with Gasteiger partial charge < -0.3 is 4.74 Å². The molecule has 1 aliphatic carbocycles. The van der Waals surface area contributed by atoms with Crippen molar-refractivity contribution in [2.24, 2.45) is 5.92 Å². The summed E-state index contributed by atoms with van der Waals surface area (Å²) < 4.78 is 18.2. The van der Waals surface area contributed by atoms with Crippen molar-refractivity contribution in [1.29, 1.82) is 0 Å². The molecular weight excluding hydrogens is 195 g/mol. The van der Waals surface area contributed by atoms with Crippen molar-refractivity contribution in [3.8, 4) is 0 Å². The number of ether oxygens (including phenoxy) is 1. The van der Waals surface area contributed by atoms with Gasteiger partial charge in [-0.05, 0) is 12.5 Å². The summed E-state index contributed by atoms with van der Waals surface area (Å²) in [6.45, 7) is 2.04. The number of esters is 1. The highest BCUT2D eigenvalue weighted by Gasteiger charge is 2.57. The van der Waals surface area contributed by atoms with E-state index in [2.05, 4.69) is 0 Å². The summed E-state index contributed by atoms with van der Waals surface area (Å²) in [5, 5.41) is 0. The Kier molecular flexibility index (Phi) is 2.71. The van der Waals surface area contributed by atoms with Crippen LogP contribution in [-0.4, -0.2) is 18.7 Å². The van der Waals surface area contributed by atoms with Crippen LogP contribution in [0.2, 0.25) is 0 Å². The monoisotopic (exact) mass is 208 g/mol. The molecule has 3 atom stereocenters. The van der Waals surface area contributed by atoms with Gasteiger partial charge in [-0.15, -0.1) is 0 Å². The molecule has 3 heteroatoms. The van der Waals surface area contributed by atoms with E-state index in [1.807, 2.05) is 30.3 Å². The highest BCUT2D eigenvalue weighted by Crippen LogP contribution is 2.50. The van der Waals surface area contributed by atoms with Crippen molar-refractivity contribution in [3.05, 3.63) is 35.9 Å². The van der Waals surface area contributed by atoms with E-state index in [-0.39, 0.29) is 5.92 Å². The Labute approximate surface area is 88.1 Å². The molecule has 1 aliphatic rings. The largest absolute Gasteiger partial charge is 0.466 e. The highest BCUT2D eigenvalue weighted by molar-refractivity contribution is 5.79. The molecule has 1 saturated carbocycles. The lowest BCUT2D eigenvalue weighted by Crippen LogP contribution is -2.08. The van der Waals surface area contributed by atoms with Gasteiger partial charge in [0, 0.05) is 5.92 Å². The van der Waals surface area contributed by atoms with Crippen molar-refractivity contribution >= 4 is 5.97 Å². The minimum absolute atomic E-state index is 0.301. The number of halogens is 1. The van der Waals surface area contributed by atoms with E-state index in [1.54, 1.807) is 6.92 Å². The van der Waals surface area contributed by atoms with Crippen LogP contribution in [-0.2, 0) is 9.53 Å². The lowest BCUT2D eigenvalue weighted by atomic mass is 10.1. The number of carbonyl (C=O) groups excluding carboxylic acids is 1. The van der Waals surface area contributed by atoms with Gasteiger partial charge in [-0.2, -0.15) is 0 Å². The second-order valence-corrected chi connectivity index (χ2v) is 3.66. The summed E-state index contributed by atoms with van der Waals surface area (Å²) >= 11 is 0. The molecule has 15 heavy (non-hydrogen) atoms. The molecule has 0 N–H and O–H groups in total. The average molecular weight is 208 g/mol. The van der Waals surface area contributed by atoms with E-state index in [0.717, 1.165) is 5.56 Å². The zero-order valence-electron chi connectivity index (χ0n) is 8.52. The van der Waals surface area contributed by atoms with Gasteiger partial charge in [-0.1, -0.05) is 30.3 Å². The van der Waals surface area contributed by atoms with E-state index in [1.165, 1.54) is 0 Å². The molecule has 80 valence electrons. The number of benzene rings is 1. The van der Waals surface area contributed by atoms with Crippen LogP contribution in [0.5, 0.6) is 0 Å². The second kappa shape index (κ2) is 4.01. The number of alkyl halides is 1. The first kappa shape index (κ1) is 10.1. The lowest BCUT2D eigenvalue weighted by molar-refractivity contribution is -0.145. The van der Waals surface area contributed by atoms with E-state index < -0.39 is 18.1 Å². The zero-order valence-corrected chi connectivity index (χ0v) is 8.52. The Morgan fingerprint density at radius 2 is 2.07 bits per heavy atom. The molecule has 0 bridgehead atoms. The third-order valence-corrected chi connectivity index (χ3v) is 2.68. The Balaban J connectivity index is 2.06. The third kappa shape index (κ3) is 1.87. The Morgan fingerprint density at radius 1 is 1.40 bits per heavy atom. The number of carbonyl (C=O) groups is 1. The first-order chi connectivity index (χ1) is 7.25. The fourth-order valence-corrected chi connectivity index (χ4v) is 1.86. The van der Waals surface area contributed by atoms with Crippen molar-refractivity contribution < 1.29 is 13.9 Å². The van der Waals surface area contributed by atoms with Crippen molar-refractivity contribution in [1.82, 2.24) is 0 Å². The van der Waals surface area contributed by atoms with Gasteiger partial charge in [0.05, 0.1) is 12.5 Å². The standard InChI is InChI=1S/C12H13FO2/c1-2-15-12(14)10-9(11(10)13)8-6-4-3-5-7-8/h3-7,9-11H,2H2,1H3/t9-,10-,11+/m0/s1. The van der Waals surface area contributed by atoms with Gasteiger partial charge in [0.1, 0.15) is 6.17 Å². The van der Waals surface area contributed by atoms with E-state index in [4.69, 9.17) is 4.74 Å². The molecule has 0 heterocycles. The highest BCUT2D eigenvalue weighted by atomic mass is 19.1. The molecule has 0 radical (unpaired) electrons. The van der Waals surface area contributed by atoms with Crippen molar-refractivity contribution in [3.63, 3.8) is 0 Å². The fraction of sp³-hybridized carbons (Fsp3) is 0.417. The Hall–Kier alpha value is -1.38. The van der Waals surface area contributed by atoms with Gasteiger partial charge in [0.25, 0.3) is 0 Å². The molecule has 2 nitrogen and oxygen atoms in total. The minimum atomic E-state index is -1.08. The third-order valence-electron chi connectivity index (χ3n) is 2.68. The summed E-state index contributed by atoms with van der Waals surface area (Å²) in [6.07, 6.45) is -1.08. The SMILES string of the molecule is CCOC(=O)[C@@H]1[C@H](F)[C@H]1c1ccccc1. The number of rotatable bonds is 3. The summed E-state index contributed by atoms with van der Waals surface area (Å²) in [4.78, 5) is 11.3. The predicted molar refractivity (Wildman–Crippen MR) is 54.2 cm³/mol. The quantitative estimate of drug-likeness (QED) is 0.712. The topological polar surface area (TPSA) is 26.3 Å². The maximum atomic E-state index is 13.4. The van der Waals surface area contributed by atoms with Gasteiger partial charge >= 0.3 is 5.97 Å².